The van der Waals surface area contributed by atoms with Crippen LogP contribution in [-0.4, -0.2) is 14.2 Å². The molecule has 0 saturated heterocycles. The van der Waals surface area contributed by atoms with E-state index in [0.717, 1.165) is 0 Å². The molecular weight excluding hydrogens is 150 g/mol. The van der Waals surface area contributed by atoms with Gasteiger partial charge in [0.15, 0.2) is 0 Å². The Labute approximate surface area is 62.7 Å². The zero-order valence-electron chi connectivity index (χ0n) is 6.66. The first-order chi connectivity index (χ1) is 4.33. The predicted octanol–water partition coefficient (Wildman–Crippen LogP) is 0.567. The minimum Gasteiger partial charge on any atom is -0.229 e. The van der Waals surface area contributed by atoms with E-state index in [1.807, 2.05) is 20.8 Å². The van der Waals surface area contributed by atoms with Crippen LogP contribution >= 0.6 is 0 Å². The van der Waals surface area contributed by atoms with Crippen molar-refractivity contribution in [2.24, 2.45) is 17.0 Å². The maximum Gasteiger partial charge on any atom is 0.209 e. The van der Waals surface area contributed by atoms with Crippen molar-refractivity contribution in [2.75, 3.05) is 5.75 Å². The number of hydrogen-bond acceptors (Lipinski definition) is 2. The van der Waals surface area contributed by atoms with E-state index >= 15 is 0 Å². The van der Waals surface area contributed by atoms with Crippen LogP contribution in [0.1, 0.15) is 20.8 Å². The molecule has 3 nitrogen and oxygen atoms in total. The molecule has 0 fully saturated rings. The summed E-state index contributed by atoms with van der Waals surface area (Å²) in [6.45, 7) is 5.85. The molecule has 0 saturated carbocycles. The van der Waals surface area contributed by atoms with Crippen molar-refractivity contribution in [3.05, 3.63) is 0 Å². The number of primary sulfonamides is 1. The number of nitrogens with two attached hydrogens (primary N) is 1. The van der Waals surface area contributed by atoms with Crippen LogP contribution in [0.4, 0.5) is 0 Å². The maximum atomic E-state index is 10.5. The molecule has 1 atom stereocenters. The standard InChI is InChI=1S/C6H15NO2S/c1-5(2)6(3)4-10(7,8)9/h5-6H,4H2,1-3H3,(H2,7,8,9). The van der Waals surface area contributed by atoms with Gasteiger partial charge in [-0.3, -0.25) is 0 Å². The molecule has 4 heteroatoms. The smallest absolute Gasteiger partial charge is 0.209 e. The fourth-order valence-electron chi connectivity index (χ4n) is 0.559. The molecule has 0 spiro atoms. The lowest BCUT2D eigenvalue weighted by atomic mass is 10.0. The van der Waals surface area contributed by atoms with Crippen LogP contribution < -0.4 is 5.14 Å². The van der Waals surface area contributed by atoms with Crippen molar-refractivity contribution < 1.29 is 8.42 Å². The van der Waals surface area contributed by atoms with E-state index in [4.69, 9.17) is 5.14 Å². The van der Waals surface area contributed by atoms with E-state index in [1.165, 1.54) is 0 Å². The third-order valence-electron chi connectivity index (χ3n) is 1.63. The molecular formula is C6H15NO2S. The number of hydrogen-bond donors (Lipinski definition) is 1. The van der Waals surface area contributed by atoms with Gasteiger partial charge in [-0.25, -0.2) is 13.6 Å². The largest absolute Gasteiger partial charge is 0.229 e. The number of sulfonamides is 1. The Morgan fingerprint density at radius 2 is 1.70 bits per heavy atom. The highest BCUT2D eigenvalue weighted by molar-refractivity contribution is 7.89. The second-order valence-corrected chi connectivity index (χ2v) is 4.71. The fraction of sp³-hybridized carbons (Fsp3) is 1.00. The van der Waals surface area contributed by atoms with Crippen LogP contribution in [0.15, 0.2) is 0 Å². The van der Waals surface area contributed by atoms with E-state index in [-0.39, 0.29) is 11.7 Å². The quantitative estimate of drug-likeness (QED) is 0.664. The van der Waals surface area contributed by atoms with E-state index in [9.17, 15) is 8.42 Å². The van der Waals surface area contributed by atoms with E-state index in [0.29, 0.717) is 5.92 Å². The monoisotopic (exact) mass is 165 g/mol. The Morgan fingerprint density at radius 1 is 1.30 bits per heavy atom. The zero-order chi connectivity index (χ0) is 8.36. The van der Waals surface area contributed by atoms with Crippen molar-refractivity contribution in [3.8, 4) is 0 Å². The highest BCUT2D eigenvalue weighted by Gasteiger charge is 2.13. The van der Waals surface area contributed by atoms with Crippen LogP contribution in [0.3, 0.4) is 0 Å². The summed E-state index contributed by atoms with van der Waals surface area (Å²) in [5, 5.41) is 4.85. The van der Waals surface area contributed by atoms with Gasteiger partial charge in [-0.2, -0.15) is 0 Å². The Hall–Kier alpha value is -0.0900. The topological polar surface area (TPSA) is 60.2 Å². The molecule has 0 aliphatic rings. The normalized spacial score (nSPS) is 15.7. The van der Waals surface area contributed by atoms with Gasteiger partial charge in [0, 0.05) is 0 Å². The lowest BCUT2D eigenvalue weighted by Gasteiger charge is -2.12. The number of rotatable bonds is 3. The molecule has 2 N–H and O–H groups in total. The first kappa shape index (κ1) is 9.91. The van der Waals surface area contributed by atoms with Gasteiger partial charge in [-0.1, -0.05) is 20.8 Å². The van der Waals surface area contributed by atoms with Crippen LogP contribution in [0.2, 0.25) is 0 Å². The van der Waals surface area contributed by atoms with Crippen molar-refractivity contribution in [1.29, 1.82) is 0 Å². The molecule has 62 valence electrons. The molecule has 1 unspecified atom stereocenters. The Morgan fingerprint density at radius 3 is 1.80 bits per heavy atom. The fourth-order valence-corrected chi connectivity index (χ4v) is 1.68. The van der Waals surface area contributed by atoms with Gasteiger partial charge >= 0.3 is 0 Å². The third-order valence-corrected chi connectivity index (χ3v) is 2.62. The van der Waals surface area contributed by atoms with Crippen LogP contribution in [0.5, 0.6) is 0 Å². The average Bonchev–Trinajstić information content (AvgIpc) is 1.60. The zero-order valence-corrected chi connectivity index (χ0v) is 7.48. The van der Waals surface area contributed by atoms with Crippen molar-refractivity contribution >= 4 is 10.0 Å². The Kier molecular flexibility index (Phi) is 3.31. The van der Waals surface area contributed by atoms with Gasteiger partial charge in [-0.05, 0) is 11.8 Å². The Balaban J connectivity index is 3.93. The predicted molar refractivity (Wildman–Crippen MR) is 42.0 cm³/mol. The van der Waals surface area contributed by atoms with Crippen LogP contribution in [0, 0.1) is 11.8 Å². The Bertz CT molecular complexity index is 184. The van der Waals surface area contributed by atoms with Crippen molar-refractivity contribution in [3.63, 3.8) is 0 Å². The van der Waals surface area contributed by atoms with Gasteiger partial charge < -0.3 is 0 Å². The minimum atomic E-state index is -3.27. The molecule has 0 aromatic rings. The third kappa shape index (κ3) is 4.76. The molecule has 10 heavy (non-hydrogen) atoms. The van der Waals surface area contributed by atoms with Gasteiger partial charge in [0.25, 0.3) is 0 Å². The summed E-state index contributed by atoms with van der Waals surface area (Å²) < 4.78 is 21.0. The second-order valence-electron chi connectivity index (χ2n) is 3.05. The van der Waals surface area contributed by atoms with Crippen molar-refractivity contribution in [1.82, 2.24) is 0 Å². The first-order valence-electron chi connectivity index (χ1n) is 3.33. The first-order valence-corrected chi connectivity index (χ1v) is 5.05. The summed E-state index contributed by atoms with van der Waals surface area (Å²) in [5.74, 6) is 0.610. The summed E-state index contributed by atoms with van der Waals surface area (Å²) >= 11 is 0. The molecule has 0 radical (unpaired) electrons. The molecule has 0 aromatic carbocycles. The summed E-state index contributed by atoms with van der Waals surface area (Å²) in [6, 6.07) is 0. The summed E-state index contributed by atoms with van der Waals surface area (Å²) in [7, 11) is -3.27. The summed E-state index contributed by atoms with van der Waals surface area (Å²) in [4.78, 5) is 0. The molecule has 0 rings (SSSR count). The van der Waals surface area contributed by atoms with E-state index < -0.39 is 10.0 Å². The minimum absolute atomic E-state index is 0.0880. The molecule has 0 heterocycles. The highest BCUT2D eigenvalue weighted by atomic mass is 32.2. The SMILES string of the molecule is CC(C)C(C)CS(N)(=O)=O. The van der Waals surface area contributed by atoms with Crippen molar-refractivity contribution in [2.45, 2.75) is 20.8 Å². The maximum absolute atomic E-state index is 10.5. The molecule has 0 bridgehead atoms. The second kappa shape index (κ2) is 3.34. The summed E-state index contributed by atoms with van der Waals surface area (Å²) in [5.41, 5.74) is 0. The molecule has 0 amide bonds. The van der Waals surface area contributed by atoms with E-state index in [1.54, 1.807) is 0 Å². The molecule has 0 aromatic heterocycles. The van der Waals surface area contributed by atoms with Gasteiger partial charge in [0.1, 0.15) is 0 Å². The highest BCUT2D eigenvalue weighted by Crippen LogP contribution is 2.10. The van der Waals surface area contributed by atoms with E-state index in [2.05, 4.69) is 0 Å². The van der Waals surface area contributed by atoms with Gasteiger partial charge in [0.05, 0.1) is 5.75 Å². The van der Waals surface area contributed by atoms with Crippen LogP contribution in [-0.2, 0) is 10.0 Å². The van der Waals surface area contributed by atoms with Crippen LogP contribution in [0.25, 0.3) is 0 Å². The lowest BCUT2D eigenvalue weighted by Crippen LogP contribution is -2.24. The lowest BCUT2D eigenvalue weighted by molar-refractivity contribution is 0.453. The molecule has 0 aliphatic heterocycles. The van der Waals surface area contributed by atoms with Gasteiger partial charge in [-0.15, -0.1) is 0 Å². The molecule has 0 aliphatic carbocycles. The average molecular weight is 165 g/mol. The van der Waals surface area contributed by atoms with Gasteiger partial charge in [0.2, 0.25) is 10.0 Å². The summed E-state index contributed by atoms with van der Waals surface area (Å²) in [6.07, 6.45) is 0.